The fourth-order valence-corrected chi connectivity index (χ4v) is 3.04. The Balaban J connectivity index is 2.33. The van der Waals surface area contributed by atoms with Gasteiger partial charge < -0.3 is 16.4 Å². The SMILES string of the molecule is CN=C(NCCCCc1csc(NC(N)=NCC(F)(F)F)n1)NS(C)(=O)=O. The van der Waals surface area contributed by atoms with E-state index in [1.165, 1.54) is 18.4 Å². The molecule has 1 aromatic heterocycles. The number of unbranched alkanes of at least 4 members (excludes halogenated alkanes) is 1. The van der Waals surface area contributed by atoms with Crippen LogP contribution in [-0.4, -0.2) is 57.9 Å². The van der Waals surface area contributed by atoms with Crippen molar-refractivity contribution >= 4 is 38.4 Å². The highest BCUT2D eigenvalue weighted by molar-refractivity contribution is 7.89. The third-order valence-electron chi connectivity index (χ3n) is 2.87. The molecule has 0 spiro atoms. The molecule has 0 aromatic carbocycles. The van der Waals surface area contributed by atoms with Crippen LogP contribution in [0.15, 0.2) is 15.4 Å². The van der Waals surface area contributed by atoms with Gasteiger partial charge in [-0.15, -0.1) is 11.3 Å². The van der Waals surface area contributed by atoms with Crippen LogP contribution in [0.25, 0.3) is 0 Å². The minimum absolute atomic E-state index is 0.172. The van der Waals surface area contributed by atoms with Crippen LogP contribution < -0.4 is 21.1 Å². The molecule has 0 bridgehead atoms. The number of aliphatic imine (C=N–C) groups is 2. The van der Waals surface area contributed by atoms with Crippen molar-refractivity contribution in [2.75, 3.05) is 31.7 Å². The molecule has 0 amide bonds. The first-order chi connectivity index (χ1) is 12.5. The lowest BCUT2D eigenvalue weighted by Gasteiger charge is -2.09. The number of anilines is 1. The molecule has 0 radical (unpaired) electrons. The molecule has 0 saturated heterocycles. The van der Waals surface area contributed by atoms with Crippen LogP contribution in [0.5, 0.6) is 0 Å². The average molecular weight is 429 g/mol. The third kappa shape index (κ3) is 11.3. The number of hydrogen-bond donors (Lipinski definition) is 4. The molecule has 27 heavy (non-hydrogen) atoms. The maximum Gasteiger partial charge on any atom is 0.408 e. The lowest BCUT2D eigenvalue weighted by Crippen LogP contribution is -2.40. The van der Waals surface area contributed by atoms with Gasteiger partial charge in [-0.2, -0.15) is 13.2 Å². The Labute approximate surface area is 159 Å². The molecule has 14 heteroatoms. The van der Waals surface area contributed by atoms with Gasteiger partial charge in [0.1, 0.15) is 6.54 Å². The van der Waals surface area contributed by atoms with E-state index in [1.54, 1.807) is 5.38 Å². The Hall–Kier alpha value is -2.09. The number of nitrogens with two attached hydrogens (primary N) is 1. The number of nitrogens with zero attached hydrogens (tertiary/aromatic N) is 3. The predicted octanol–water partition coefficient (Wildman–Crippen LogP) is 0.879. The van der Waals surface area contributed by atoms with E-state index in [1.807, 2.05) is 0 Å². The molecular weight excluding hydrogens is 407 g/mol. The van der Waals surface area contributed by atoms with Gasteiger partial charge >= 0.3 is 6.18 Å². The van der Waals surface area contributed by atoms with Crippen LogP contribution in [0.3, 0.4) is 0 Å². The molecular formula is C13H22F3N7O2S2. The minimum Gasteiger partial charge on any atom is -0.370 e. The highest BCUT2D eigenvalue weighted by atomic mass is 32.2. The van der Waals surface area contributed by atoms with Crippen molar-refractivity contribution in [1.29, 1.82) is 0 Å². The zero-order chi connectivity index (χ0) is 20.5. The van der Waals surface area contributed by atoms with Crippen LogP contribution in [0.1, 0.15) is 18.5 Å². The lowest BCUT2D eigenvalue weighted by molar-refractivity contribution is -0.118. The van der Waals surface area contributed by atoms with Gasteiger partial charge in [-0.3, -0.25) is 9.71 Å². The number of thiazole rings is 1. The second kappa shape index (κ2) is 10.3. The Morgan fingerprint density at radius 3 is 2.67 bits per heavy atom. The molecule has 5 N–H and O–H groups in total. The van der Waals surface area contributed by atoms with E-state index < -0.39 is 22.7 Å². The zero-order valence-electron chi connectivity index (χ0n) is 14.8. The van der Waals surface area contributed by atoms with Crippen molar-refractivity contribution in [2.45, 2.75) is 25.4 Å². The second-order valence-electron chi connectivity index (χ2n) is 5.42. The van der Waals surface area contributed by atoms with Gasteiger partial charge in [0.2, 0.25) is 16.0 Å². The van der Waals surface area contributed by atoms with Crippen molar-refractivity contribution in [3.05, 3.63) is 11.1 Å². The van der Waals surface area contributed by atoms with Crippen molar-refractivity contribution in [3.63, 3.8) is 0 Å². The average Bonchev–Trinajstić information content (AvgIpc) is 2.97. The summed E-state index contributed by atoms with van der Waals surface area (Å²) in [5, 5.41) is 7.54. The van der Waals surface area contributed by atoms with Crippen molar-refractivity contribution in [1.82, 2.24) is 15.0 Å². The standard InChI is InChI=1S/C13H22F3N7O2S2/c1-18-11(23-27(2,24)25)19-6-4-3-5-9-7-26-12(21-9)22-10(17)20-8-13(14,15)16/h7H,3-6,8H2,1-2H3,(H2,18,19,23)(H3,17,20,21,22). The Morgan fingerprint density at radius 1 is 1.37 bits per heavy atom. The van der Waals surface area contributed by atoms with Gasteiger partial charge in [-0.05, 0) is 19.3 Å². The summed E-state index contributed by atoms with van der Waals surface area (Å²) < 4.78 is 60.7. The molecule has 0 aliphatic rings. The summed E-state index contributed by atoms with van der Waals surface area (Å²) in [6.45, 7) is -0.838. The van der Waals surface area contributed by atoms with Gasteiger partial charge in [0, 0.05) is 19.0 Å². The Morgan fingerprint density at radius 2 is 2.07 bits per heavy atom. The van der Waals surface area contributed by atoms with E-state index >= 15 is 0 Å². The fraction of sp³-hybridized carbons (Fsp3) is 0.615. The number of rotatable bonds is 8. The molecule has 154 valence electrons. The first-order valence-electron chi connectivity index (χ1n) is 7.75. The zero-order valence-corrected chi connectivity index (χ0v) is 16.4. The van der Waals surface area contributed by atoms with Gasteiger partial charge in [-0.1, -0.05) is 0 Å². The smallest absolute Gasteiger partial charge is 0.370 e. The molecule has 1 aromatic rings. The van der Waals surface area contributed by atoms with E-state index in [-0.39, 0.29) is 11.9 Å². The third-order valence-corrected chi connectivity index (χ3v) is 4.24. The van der Waals surface area contributed by atoms with Crippen molar-refractivity contribution < 1.29 is 21.6 Å². The number of sulfonamides is 1. The number of alkyl halides is 3. The molecule has 0 aliphatic heterocycles. The topological polar surface area (TPSA) is 134 Å². The van der Waals surface area contributed by atoms with Crippen LogP contribution in [0.4, 0.5) is 18.3 Å². The number of hydrogen-bond acceptors (Lipinski definition) is 6. The summed E-state index contributed by atoms with van der Waals surface area (Å²) in [6.07, 6.45) is -1.22. The summed E-state index contributed by atoms with van der Waals surface area (Å²) >= 11 is 1.21. The second-order valence-corrected chi connectivity index (χ2v) is 8.02. The predicted molar refractivity (Wildman–Crippen MR) is 101 cm³/mol. The van der Waals surface area contributed by atoms with Gasteiger partial charge in [0.15, 0.2) is 11.1 Å². The van der Waals surface area contributed by atoms with Crippen LogP contribution in [0.2, 0.25) is 0 Å². The van der Waals surface area contributed by atoms with E-state index in [9.17, 15) is 21.6 Å². The molecule has 0 saturated carbocycles. The number of halogens is 3. The molecule has 9 nitrogen and oxygen atoms in total. The lowest BCUT2D eigenvalue weighted by atomic mass is 10.2. The number of aromatic nitrogens is 1. The summed E-state index contributed by atoms with van der Waals surface area (Å²) in [5.74, 6) is -0.173. The summed E-state index contributed by atoms with van der Waals surface area (Å²) in [4.78, 5) is 11.2. The van der Waals surface area contributed by atoms with Crippen LogP contribution in [0, 0.1) is 0 Å². The molecule has 0 atom stereocenters. The Bertz CT molecular complexity index is 760. The number of aryl methyl sites for hydroxylation is 1. The maximum absolute atomic E-state index is 12.1. The van der Waals surface area contributed by atoms with E-state index in [0.29, 0.717) is 18.1 Å². The largest absolute Gasteiger partial charge is 0.408 e. The van der Waals surface area contributed by atoms with Gasteiger partial charge in [0.05, 0.1) is 11.9 Å². The maximum atomic E-state index is 12.1. The summed E-state index contributed by atoms with van der Waals surface area (Å²) in [7, 11) is -1.92. The highest BCUT2D eigenvalue weighted by Gasteiger charge is 2.26. The van der Waals surface area contributed by atoms with Crippen LogP contribution in [-0.2, 0) is 16.4 Å². The normalized spacial score (nSPS) is 13.5. The molecule has 0 aliphatic carbocycles. The molecule has 1 rings (SSSR count). The van der Waals surface area contributed by atoms with E-state index in [4.69, 9.17) is 5.73 Å². The number of nitrogens with one attached hydrogen (secondary N) is 3. The summed E-state index contributed by atoms with van der Waals surface area (Å²) in [5.41, 5.74) is 6.15. The van der Waals surface area contributed by atoms with Crippen molar-refractivity contribution in [3.8, 4) is 0 Å². The highest BCUT2D eigenvalue weighted by Crippen LogP contribution is 2.17. The van der Waals surface area contributed by atoms with E-state index in [0.717, 1.165) is 24.8 Å². The first-order valence-corrected chi connectivity index (χ1v) is 10.5. The quantitative estimate of drug-likeness (QED) is 0.275. The fourth-order valence-electron chi connectivity index (χ4n) is 1.78. The molecule has 1 heterocycles. The number of guanidine groups is 2. The van der Waals surface area contributed by atoms with E-state index in [2.05, 4.69) is 30.3 Å². The monoisotopic (exact) mass is 429 g/mol. The summed E-state index contributed by atoms with van der Waals surface area (Å²) in [6, 6.07) is 0. The first kappa shape index (κ1) is 23.0. The van der Waals surface area contributed by atoms with Crippen molar-refractivity contribution in [2.24, 2.45) is 15.7 Å². The van der Waals surface area contributed by atoms with Gasteiger partial charge in [-0.25, -0.2) is 18.4 Å². The molecule has 0 unspecified atom stereocenters. The Kier molecular flexibility index (Phi) is 8.75. The molecule has 0 fully saturated rings. The minimum atomic E-state index is -4.41. The van der Waals surface area contributed by atoms with Gasteiger partial charge in [0.25, 0.3) is 0 Å². The van der Waals surface area contributed by atoms with Crippen LogP contribution >= 0.6 is 11.3 Å².